The van der Waals surface area contributed by atoms with Crippen LogP contribution in [0.5, 0.6) is 11.5 Å². The number of hydrogen-bond acceptors (Lipinski definition) is 4. The minimum Gasteiger partial charge on any atom is -0.493 e. The summed E-state index contributed by atoms with van der Waals surface area (Å²) in [6, 6.07) is 11.1. The van der Waals surface area contributed by atoms with Gasteiger partial charge in [0.15, 0.2) is 11.5 Å². The summed E-state index contributed by atoms with van der Waals surface area (Å²) in [6.45, 7) is 3.47. The number of carbonyl (C=O) groups is 1. The van der Waals surface area contributed by atoms with Gasteiger partial charge in [-0.05, 0) is 62.7 Å². The van der Waals surface area contributed by atoms with E-state index in [9.17, 15) is 4.79 Å². The van der Waals surface area contributed by atoms with Crippen molar-refractivity contribution in [3.8, 4) is 11.5 Å². The minimum absolute atomic E-state index is 0.0587. The van der Waals surface area contributed by atoms with Gasteiger partial charge in [0.2, 0.25) is 5.91 Å². The Morgan fingerprint density at radius 1 is 1.03 bits per heavy atom. The summed E-state index contributed by atoms with van der Waals surface area (Å²) in [7, 11) is 3.79. The number of amides is 1. The van der Waals surface area contributed by atoms with E-state index in [1.807, 2.05) is 29.2 Å². The summed E-state index contributed by atoms with van der Waals surface area (Å²) < 4.78 is 11.7. The van der Waals surface area contributed by atoms with E-state index in [1.165, 1.54) is 12.8 Å². The van der Waals surface area contributed by atoms with Crippen LogP contribution in [0.15, 0.2) is 36.4 Å². The zero-order valence-electron chi connectivity index (χ0n) is 17.9. The lowest BCUT2D eigenvalue weighted by atomic mass is 9.98. The van der Waals surface area contributed by atoms with E-state index in [0.29, 0.717) is 40.6 Å². The lowest BCUT2D eigenvalue weighted by Crippen LogP contribution is -2.34. The molecule has 2 unspecified atom stereocenters. The molecule has 2 heterocycles. The molecule has 0 N–H and O–H groups in total. The maximum Gasteiger partial charge on any atom is 0.234 e. The number of hydrogen-bond donors (Lipinski definition) is 0. The maximum atomic E-state index is 13.2. The van der Waals surface area contributed by atoms with Gasteiger partial charge in [-0.25, -0.2) is 0 Å². The van der Waals surface area contributed by atoms with Gasteiger partial charge in [-0.15, -0.1) is 0 Å². The van der Waals surface area contributed by atoms with Crippen molar-refractivity contribution < 1.29 is 14.3 Å². The summed E-state index contributed by atoms with van der Waals surface area (Å²) in [5, 5.41) is 0.965. The molecule has 0 radical (unpaired) electrons. The number of carbonyl (C=O) groups excluding carboxylic acids is 1. The highest BCUT2D eigenvalue weighted by molar-refractivity contribution is 6.42. The van der Waals surface area contributed by atoms with Crippen molar-refractivity contribution in [1.82, 2.24) is 4.90 Å². The van der Waals surface area contributed by atoms with Crippen molar-refractivity contribution in [3.05, 3.63) is 52.0 Å². The number of methoxy groups -OCH3 is 1. The first-order valence-corrected chi connectivity index (χ1v) is 11.5. The third-order valence-electron chi connectivity index (χ3n) is 6.21. The third-order valence-corrected chi connectivity index (χ3v) is 6.95. The first-order chi connectivity index (χ1) is 15.0. The van der Waals surface area contributed by atoms with E-state index >= 15 is 0 Å². The molecule has 7 heteroatoms. The minimum atomic E-state index is -0.223. The van der Waals surface area contributed by atoms with E-state index in [0.717, 1.165) is 30.8 Å². The lowest BCUT2D eigenvalue weighted by molar-refractivity contribution is -0.118. The van der Waals surface area contributed by atoms with Crippen molar-refractivity contribution >= 4 is 34.8 Å². The molecule has 5 nitrogen and oxygen atoms in total. The number of likely N-dealkylation sites (tertiary alicyclic amines) is 1. The van der Waals surface area contributed by atoms with Gasteiger partial charge in [-0.3, -0.25) is 4.79 Å². The highest BCUT2D eigenvalue weighted by Crippen LogP contribution is 2.38. The Balaban J connectivity index is 1.49. The van der Waals surface area contributed by atoms with Crippen LogP contribution in [0.2, 0.25) is 10.0 Å². The second kappa shape index (κ2) is 9.68. The number of anilines is 1. The van der Waals surface area contributed by atoms with E-state index in [2.05, 4.69) is 11.9 Å². The first kappa shape index (κ1) is 22.3. The largest absolute Gasteiger partial charge is 0.493 e. The topological polar surface area (TPSA) is 42.0 Å². The monoisotopic (exact) mass is 462 g/mol. The Morgan fingerprint density at radius 3 is 2.61 bits per heavy atom. The van der Waals surface area contributed by atoms with E-state index in [-0.39, 0.29) is 11.8 Å². The zero-order chi connectivity index (χ0) is 22.0. The van der Waals surface area contributed by atoms with Gasteiger partial charge < -0.3 is 19.3 Å². The fourth-order valence-corrected chi connectivity index (χ4v) is 4.84. The van der Waals surface area contributed by atoms with Crippen LogP contribution in [-0.2, 0) is 4.79 Å². The maximum absolute atomic E-state index is 13.2. The molecule has 2 aromatic rings. The van der Waals surface area contributed by atoms with Crippen molar-refractivity contribution in [2.24, 2.45) is 5.92 Å². The Hall–Kier alpha value is -1.95. The molecule has 31 heavy (non-hydrogen) atoms. The van der Waals surface area contributed by atoms with Crippen LogP contribution in [-0.4, -0.2) is 51.2 Å². The highest BCUT2D eigenvalue weighted by Gasteiger charge is 2.34. The highest BCUT2D eigenvalue weighted by atomic mass is 35.5. The fraction of sp³-hybridized carbons (Fsp3) is 0.458. The molecule has 0 bridgehead atoms. The molecule has 2 fully saturated rings. The number of halogens is 2. The Kier molecular flexibility index (Phi) is 6.95. The molecular weight excluding hydrogens is 435 g/mol. The summed E-state index contributed by atoms with van der Waals surface area (Å²) in [5.41, 5.74) is 1.72. The van der Waals surface area contributed by atoms with Crippen LogP contribution < -0.4 is 14.4 Å². The van der Waals surface area contributed by atoms with Gasteiger partial charge in [0.25, 0.3) is 0 Å². The van der Waals surface area contributed by atoms with Crippen LogP contribution >= 0.6 is 23.2 Å². The molecular formula is C24H28Cl2N2O3. The molecule has 4 rings (SSSR count). The van der Waals surface area contributed by atoms with Crippen molar-refractivity contribution in [2.45, 2.75) is 25.2 Å². The van der Waals surface area contributed by atoms with Gasteiger partial charge in [-0.1, -0.05) is 29.3 Å². The van der Waals surface area contributed by atoms with E-state index < -0.39 is 0 Å². The Bertz CT molecular complexity index is 952. The molecule has 1 amide bonds. The number of piperidine rings is 1. The molecule has 2 aliphatic rings. The molecule has 0 aliphatic carbocycles. The summed E-state index contributed by atoms with van der Waals surface area (Å²) >= 11 is 12.2. The first-order valence-electron chi connectivity index (χ1n) is 10.7. The average molecular weight is 463 g/mol. The van der Waals surface area contributed by atoms with Gasteiger partial charge >= 0.3 is 0 Å². The molecule has 2 aromatic carbocycles. The lowest BCUT2D eigenvalue weighted by Gasteiger charge is -2.29. The van der Waals surface area contributed by atoms with Crippen LogP contribution in [0.25, 0.3) is 0 Å². The van der Waals surface area contributed by atoms with E-state index in [4.69, 9.17) is 32.7 Å². The normalized spacial score (nSPS) is 22.1. The quantitative estimate of drug-likeness (QED) is 0.588. The van der Waals surface area contributed by atoms with Crippen LogP contribution in [0.1, 0.15) is 30.7 Å². The van der Waals surface area contributed by atoms with Crippen LogP contribution in [0, 0.1) is 5.92 Å². The molecule has 2 atom stereocenters. The van der Waals surface area contributed by atoms with E-state index in [1.54, 1.807) is 19.2 Å². The standard InChI is InChI=1S/C24H28Cl2N2O3/c1-27-10-3-4-16(14-27)15-31-23-13-18(6-8-22(23)30-2)28-11-9-19(24(28)29)17-5-7-20(25)21(26)12-17/h5-8,12-13,16,19H,3-4,9-11,14-15H2,1-2H3. The molecule has 0 spiro atoms. The second-order valence-electron chi connectivity index (χ2n) is 8.42. The second-order valence-corrected chi connectivity index (χ2v) is 9.24. The molecule has 166 valence electrons. The Labute approximate surface area is 193 Å². The molecule has 2 saturated heterocycles. The smallest absolute Gasteiger partial charge is 0.234 e. The molecule has 0 saturated carbocycles. The van der Waals surface area contributed by atoms with Crippen LogP contribution in [0.3, 0.4) is 0 Å². The zero-order valence-corrected chi connectivity index (χ0v) is 19.5. The summed E-state index contributed by atoms with van der Waals surface area (Å²) in [5.74, 6) is 1.70. The fourth-order valence-electron chi connectivity index (χ4n) is 4.54. The van der Waals surface area contributed by atoms with Crippen molar-refractivity contribution in [2.75, 3.05) is 45.3 Å². The summed E-state index contributed by atoms with van der Waals surface area (Å²) in [6.07, 6.45) is 3.09. The predicted molar refractivity (Wildman–Crippen MR) is 125 cm³/mol. The molecule has 0 aromatic heterocycles. The SMILES string of the molecule is COc1ccc(N2CCC(c3ccc(Cl)c(Cl)c3)C2=O)cc1OCC1CCCN(C)C1. The van der Waals surface area contributed by atoms with Gasteiger partial charge in [0.1, 0.15) is 0 Å². The number of ether oxygens (including phenoxy) is 2. The van der Waals surface area contributed by atoms with Gasteiger partial charge in [0.05, 0.1) is 29.7 Å². The van der Waals surface area contributed by atoms with Gasteiger partial charge in [-0.2, -0.15) is 0 Å². The number of rotatable bonds is 6. The number of nitrogens with zero attached hydrogens (tertiary/aromatic N) is 2. The van der Waals surface area contributed by atoms with Crippen molar-refractivity contribution in [1.29, 1.82) is 0 Å². The third kappa shape index (κ3) is 4.94. The summed E-state index contributed by atoms with van der Waals surface area (Å²) in [4.78, 5) is 17.3. The Morgan fingerprint density at radius 2 is 1.87 bits per heavy atom. The van der Waals surface area contributed by atoms with Gasteiger partial charge in [0, 0.05) is 30.8 Å². The average Bonchev–Trinajstić information content (AvgIpc) is 3.15. The molecule has 2 aliphatic heterocycles. The van der Waals surface area contributed by atoms with Crippen LogP contribution in [0.4, 0.5) is 5.69 Å². The number of benzene rings is 2. The predicted octanol–water partition coefficient (Wildman–Crippen LogP) is 5.24. The van der Waals surface area contributed by atoms with Crippen molar-refractivity contribution in [3.63, 3.8) is 0 Å².